The number of nitrogens with one attached hydrogen (secondary N) is 2. The first kappa shape index (κ1) is 15.8. The van der Waals surface area contributed by atoms with Crippen molar-refractivity contribution in [2.24, 2.45) is 0 Å². The van der Waals surface area contributed by atoms with Crippen molar-refractivity contribution in [2.45, 2.75) is 0 Å². The van der Waals surface area contributed by atoms with Gasteiger partial charge < -0.3 is 24.5 Å². The molecule has 6 nitrogen and oxygen atoms in total. The van der Waals surface area contributed by atoms with Crippen molar-refractivity contribution >= 4 is 23.8 Å². The molecule has 0 bridgehead atoms. The smallest absolute Gasteiger partial charge is 0.255 e. The van der Waals surface area contributed by atoms with Crippen LogP contribution in [0, 0.1) is 4.64 Å². The van der Waals surface area contributed by atoms with E-state index in [1.165, 1.54) is 21.3 Å². The van der Waals surface area contributed by atoms with Crippen molar-refractivity contribution in [3.8, 4) is 17.2 Å². The van der Waals surface area contributed by atoms with E-state index in [2.05, 4.69) is 10.3 Å². The molecule has 1 heterocycles. The van der Waals surface area contributed by atoms with E-state index >= 15 is 0 Å². The molecule has 0 spiro atoms. The van der Waals surface area contributed by atoms with E-state index in [4.69, 9.17) is 26.4 Å². The summed E-state index contributed by atoms with van der Waals surface area (Å²) in [5.41, 5.74) is 0.990. The van der Waals surface area contributed by atoms with Gasteiger partial charge in [0.05, 0.1) is 27.0 Å². The average Bonchev–Trinajstić information content (AvgIpc) is 2.55. The average molecular weight is 320 g/mol. The molecule has 22 heavy (non-hydrogen) atoms. The molecule has 2 aromatic rings. The number of rotatable bonds is 5. The van der Waals surface area contributed by atoms with Gasteiger partial charge in [-0.15, -0.1) is 0 Å². The molecule has 1 aromatic carbocycles. The van der Waals surface area contributed by atoms with E-state index in [9.17, 15) is 4.79 Å². The van der Waals surface area contributed by atoms with E-state index in [0.717, 1.165) is 0 Å². The Kier molecular flexibility index (Phi) is 5.00. The van der Waals surface area contributed by atoms with Crippen LogP contribution in [0.15, 0.2) is 30.5 Å². The standard InChI is InChI=1S/C15H16N2O4S/c1-19-11-6-9(7-12(20-2)14(11)21-3)15(18)17-10-4-5-13(22)16-8-10/h4-8H,1-3H3,(H,16,22)(H,17,18). The van der Waals surface area contributed by atoms with Crippen molar-refractivity contribution < 1.29 is 19.0 Å². The van der Waals surface area contributed by atoms with Crippen LogP contribution in [0.5, 0.6) is 17.2 Å². The summed E-state index contributed by atoms with van der Waals surface area (Å²) < 4.78 is 16.3. The fourth-order valence-corrected chi connectivity index (χ4v) is 2.03. The SMILES string of the molecule is COc1cc(C(=O)Nc2ccc(=S)[nH]c2)cc(OC)c1OC. The number of benzene rings is 1. The summed E-state index contributed by atoms with van der Waals surface area (Å²) >= 11 is 4.96. The third kappa shape index (κ3) is 3.37. The van der Waals surface area contributed by atoms with Crippen molar-refractivity contribution in [3.63, 3.8) is 0 Å². The molecule has 0 saturated carbocycles. The second-order valence-electron chi connectivity index (χ2n) is 4.31. The Bertz CT molecular complexity index is 697. The number of carbonyl (C=O) groups is 1. The lowest BCUT2D eigenvalue weighted by Gasteiger charge is -2.14. The van der Waals surface area contributed by atoms with Crippen LogP contribution in [-0.2, 0) is 0 Å². The molecule has 0 saturated heterocycles. The highest BCUT2D eigenvalue weighted by atomic mass is 32.1. The van der Waals surface area contributed by atoms with Gasteiger partial charge in [-0.05, 0) is 24.3 Å². The Morgan fingerprint density at radius 1 is 1.09 bits per heavy atom. The first-order chi connectivity index (χ1) is 10.6. The van der Waals surface area contributed by atoms with Gasteiger partial charge in [0.2, 0.25) is 5.75 Å². The predicted molar refractivity (Wildman–Crippen MR) is 85.7 cm³/mol. The van der Waals surface area contributed by atoms with Gasteiger partial charge >= 0.3 is 0 Å². The number of anilines is 1. The molecule has 0 fully saturated rings. The molecule has 0 unspecified atom stereocenters. The summed E-state index contributed by atoms with van der Waals surface area (Å²) in [6.45, 7) is 0. The van der Waals surface area contributed by atoms with Crippen molar-refractivity contribution in [1.82, 2.24) is 4.98 Å². The zero-order valence-electron chi connectivity index (χ0n) is 12.4. The minimum absolute atomic E-state index is 0.301. The molecule has 1 aromatic heterocycles. The van der Waals surface area contributed by atoms with Gasteiger partial charge in [-0.2, -0.15) is 0 Å². The maximum absolute atomic E-state index is 12.3. The molecule has 1 amide bonds. The number of aromatic nitrogens is 1. The van der Waals surface area contributed by atoms with Crippen LogP contribution in [0.4, 0.5) is 5.69 Å². The van der Waals surface area contributed by atoms with Crippen LogP contribution >= 0.6 is 12.2 Å². The van der Waals surface area contributed by atoms with Gasteiger partial charge in [0.1, 0.15) is 4.64 Å². The van der Waals surface area contributed by atoms with E-state index < -0.39 is 0 Å². The third-order valence-corrected chi connectivity index (χ3v) is 3.22. The topological polar surface area (TPSA) is 72.6 Å². The summed E-state index contributed by atoms with van der Waals surface area (Å²) in [4.78, 5) is 15.2. The largest absolute Gasteiger partial charge is 0.493 e. The van der Waals surface area contributed by atoms with Gasteiger partial charge in [0, 0.05) is 11.8 Å². The van der Waals surface area contributed by atoms with Gasteiger partial charge in [-0.1, -0.05) is 12.2 Å². The zero-order valence-corrected chi connectivity index (χ0v) is 13.2. The molecule has 0 atom stereocenters. The maximum atomic E-state index is 12.3. The lowest BCUT2D eigenvalue weighted by molar-refractivity contribution is 0.102. The normalized spacial score (nSPS) is 9.95. The Labute approximate surface area is 133 Å². The molecule has 0 aliphatic carbocycles. The summed E-state index contributed by atoms with van der Waals surface area (Å²) in [6.07, 6.45) is 1.62. The van der Waals surface area contributed by atoms with Crippen molar-refractivity contribution in [2.75, 3.05) is 26.6 Å². The van der Waals surface area contributed by atoms with Crippen molar-refractivity contribution in [1.29, 1.82) is 0 Å². The highest BCUT2D eigenvalue weighted by Gasteiger charge is 2.17. The van der Waals surface area contributed by atoms with Crippen LogP contribution in [-0.4, -0.2) is 32.2 Å². The second kappa shape index (κ2) is 6.95. The number of pyridine rings is 1. The third-order valence-electron chi connectivity index (χ3n) is 2.97. The zero-order chi connectivity index (χ0) is 16.1. The van der Waals surface area contributed by atoms with Gasteiger partial charge in [0.25, 0.3) is 5.91 Å². The number of H-pyrrole nitrogens is 1. The summed E-state index contributed by atoms with van der Waals surface area (Å²) in [5.74, 6) is 0.967. The van der Waals surface area contributed by atoms with Crippen LogP contribution in [0.1, 0.15) is 10.4 Å². The number of ether oxygens (including phenoxy) is 3. The Hall–Kier alpha value is -2.54. The second-order valence-corrected chi connectivity index (χ2v) is 4.75. The van der Waals surface area contributed by atoms with Crippen LogP contribution in [0.3, 0.4) is 0 Å². The quantitative estimate of drug-likeness (QED) is 0.829. The molecular formula is C15H16N2O4S. The van der Waals surface area contributed by atoms with Crippen molar-refractivity contribution in [3.05, 3.63) is 40.7 Å². The summed E-state index contributed by atoms with van der Waals surface area (Å²) in [5, 5.41) is 2.76. The van der Waals surface area contributed by atoms with E-state index in [0.29, 0.717) is 33.1 Å². The number of amides is 1. The lowest BCUT2D eigenvalue weighted by Crippen LogP contribution is -2.12. The Morgan fingerprint density at radius 3 is 2.18 bits per heavy atom. The number of aromatic amines is 1. The van der Waals surface area contributed by atoms with Crippen LogP contribution < -0.4 is 19.5 Å². The molecule has 7 heteroatoms. The van der Waals surface area contributed by atoms with E-state index in [-0.39, 0.29) is 5.91 Å². The Morgan fingerprint density at radius 2 is 1.73 bits per heavy atom. The molecule has 0 aliphatic heterocycles. The van der Waals surface area contributed by atoms with Crippen LogP contribution in [0.2, 0.25) is 0 Å². The highest BCUT2D eigenvalue weighted by molar-refractivity contribution is 7.71. The van der Waals surface area contributed by atoms with E-state index in [1.54, 1.807) is 30.5 Å². The summed E-state index contributed by atoms with van der Waals surface area (Å²) in [6, 6.07) is 6.58. The Balaban J connectivity index is 2.33. The molecule has 116 valence electrons. The molecule has 0 radical (unpaired) electrons. The first-order valence-corrected chi connectivity index (χ1v) is 6.80. The molecule has 2 rings (SSSR count). The molecule has 2 N–H and O–H groups in total. The highest BCUT2D eigenvalue weighted by Crippen LogP contribution is 2.38. The van der Waals surface area contributed by atoms with Gasteiger partial charge in [-0.25, -0.2) is 0 Å². The van der Waals surface area contributed by atoms with E-state index in [1.807, 2.05) is 0 Å². The molecular weight excluding hydrogens is 304 g/mol. The first-order valence-electron chi connectivity index (χ1n) is 6.39. The fourth-order valence-electron chi connectivity index (χ4n) is 1.90. The number of hydrogen-bond donors (Lipinski definition) is 2. The molecule has 0 aliphatic rings. The monoisotopic (exact) mass is 320 g/mol. The van der Waals surface area contributed by atoms with Gasteiger partial charge in [-0.3, -0.25) is 4.79 Å². The number of carbonyl (C=O) groups excluding carboxylic acids is 1. The number of hydrogen-bond acceptors (Lipinski definition) is 5. The maximum Gasteiger partial charge on any atom is 0.255 e. The fraction of sp³-hybridized carbons (Fsp3) is 0.200. The minimum atomic E-state index is -0.301. The number of methoxy groups -OCH3 is 3. The predicted octanol–water partition coefficient (Wildman–Crippen LogP) is 3.02. The summed E-state index contributed by atoms with van der Waals surface area (Å²) in [7, 11) is 4.50. The minimum Gasteiger partial charge on any atom is -0.493 e. The lowest BCUT2D eigenvalue weighted by atomic mass is 10.1. The van der Waals surface area contributed by atoms with Gasteiger partial charge in [0.15, 0.2) is 11.5 Å². The van der Waals surface area contributed by atoms with Crippen LogP contribution in [0.25, 0.3) is 0 Å².